The van der Waals surface area contributed by atoms with Crippen molar-refractivity contribution in [2.24, 2.45) is 5.41 Å². The Morgan fingerprint density at radius 1 is 1.44 bits per heavy atom. The van der Waals surface area contributed by atoms with Gasteiger partial charge in [-0.15, -0.1) is 0 Å². The lowest BCUT2D eigenvalue weighted by atomic mass is 9.86. The quantitative estimate of drug-likeness (QED) is 0.482. The first-order chi connectivity index (χ1) is 4.11. The van der Waals surface area contributed by atoms with Crippen molar-refractivity contribution in [3.63, 3.8) is 0 Å². The molecule has 1 heteroatoms. The third-order valence-electron chi connectivity index (χ3n) is 1.66. The predicted molar refractivity (Wildman–Crippen MR) is 39.2 cm³/mol. The molecule has 0 atom stereocenters. The Morgan fingerprint density at radius 2 is 2.11 bits per heavy atom. The van der Waals surface area contributed by atoms with Crippen molar-refractivity contribution in [1.29, 1.82) is 0 Å². The van der Waals surface area contributed by atoms with Crippen LogP contribution >= 0.6 is 0 Å². The summed E-state index contributed by atoms with van der Waals surface area (Å²) in [5.41, 5.74) is 1.84. The molecule has 0 aromatic carbocycles. The Balaban J connectivity index is 2.66. The molecule has 50 valence electrons. The van der Waals surface area contributed by atoms with Gasteiger partial charge in [-0.3, -0.25) is 0 Å². The van der Waals surface area contributed by atoms with Gasteiger partial charge in [-0.05, 0) is 5.41 Å². The fourth-order valence-electron chi connectivity index (χ4n) is 0.910. The minimum absolute atomic E-state index is 0.347. The Morgan fingerprint density at radius 3 is 2.33 bits per heavy atom. The van der Waals surface area contributed by atoms with Crippen LogP contribution in [0, 0.1) is 5.41 Å². The lowest BCUT2D eigenvalue weighted by Gasteiger charge is -2.16. The minimum atomic E-state index is 0.347. The molecule has 9 heavy (non-hydrogen) atoms. The molecule has 0 bridgehead atoms. The molecule has 1 heterocycles. The fourth-order valence-corrected chi connectivity index (χ4v) is 0.910. The molecule has 0 amide bonds. The van der Waals surface area contributed by atoms with Crippen molar-refractivity contribution in [3.8, 4) is 0 Å². The zero-order valence-electron chi connectivity index (χ0n) is 6.36. The summed E-state index contributed by atoms with van der Waals surface area (Å²) in [5, 5.41) is 0. The number of nitrogens with one attached hydrogen (secondary N) is 1. The first kappa shape index (κ1) is 6.53. The Bertz CT molecular complexity index is 158. The summed E-state index contributed by atoms with van der Waals surface area (Å²) in [5.74, 6) is 0. The van der Waals surface area contributed by atoms with Crippen molar-refractivity contribution in [2.75, 3.05) is 0 Å². The first-order valence-electron chi connectivity index (χ1n) is 3.38. The molecule has 0 aromatic rings. The molecular weight excluding hydrogens is 110 g/mol. The lowest BCUT2D eigenvalue weighted by Crippen LogP contribution is -2.58. The molecule has 0 saturated heterocycles. The van der Waals surface area contributed by atoms with E-state index < -0.39 is 0 Å². The van der Waals surface area contributed by atoms with E-state index in [9.17, 15) is 0 Å². The van der Waals surface area contributed by atoms with Gasteiger partial charge in [-0.1, -0.05) is 20.8 Å². The van der Waals surface area contributed by atoms with Gasteiger partial charge >= 0.3 is 0 Å². The van der Waals surface area contributed by atoms with E-state index in [1.165, 1.54) is 5.57 Å². The number of hydrogen-bond donors (Lipinski definition) is 1. The van der Waals surface area contributed by atoms with Crippen LogP contribution in [0.1, 0.15) is 27.2 Å². The third-order valence-corrected chi connectivity index (χ3v) is 1.66. The van der Waals surface area contributed by atoms with Gasteiger partial charge in [0.15, 0.2) is 6.20 Å². The normalized spacial score (nSPS) is 18.3. The summed E-state index contributed by atoms with van der Waals surface area (Å²) < 4.78 is 0. The maximum Gasteiger partial charge on any atom is 0.166 e. The predicted octanol–water partition coefficient (Wildman–Crippen LogP) is 0.472. The van der Waals surface area contributed by atoms with E-state index in [2.05, 4.69) is 38.2 Å². The van der Waals surface area contributed by atoms with Crippen molar-refractivity contribution < 1.29 is 4.99 Å². The molecule has 1 nitrogen and oxygen atoms in total. The van der Waals surface area contributed by atoms with E-state index >= 15 is 0 Å². The molecule has 0 aromatic heterocycles. The maximum absolute atomic E-state index is 3.09. The SMILES string of the molecule is CC(C)(C)C1=C[NH+]=CC1. The molecule has 0 radical (unpaired) electrons. The number of allylic oxidation sites excluding steroid dienone is 1. The second-order valence-electron chi connectivity index (χ2n) is 3.49. The van der Waals surface area contributed by atoms with E-state index in [4.69, 9.17) is 0 Å². The molecule has 1 aliphatic rings. The summed E-state index contributed by atoms with van der Waals surface area (Å²) in [6.45, 7) is 6.71. The Labute approximate surface area is 56.5 Å². The van der Waals surface area contributed by atoms with Crippen molar-refractivity contribution in [1.82, 2.24) is 0 Å². The fraction of sp³-hybridized carbons (Fsp3) is 0.625. The van der Waals surface area contributed by atoms with Gasteiger partial charge < -0.3 is 0 Å². The van der Waals surface area contributed by atoms with E-state index in [1.807, 2.05) is 0 Å². The van der Waals surface area contributed by atoms with Gasteiger partial charge in [0.05, 0.1) is 6.42 Å². The largest absolute Gasteiger partial charge is 0.221 e. The average Bonchev–Trinajstić information content (AvgIpc) is 2.08. The number of rotatable bonds is 0. The van der Waals surface area contributed by atoms with Gasteiger partial charge in [0, 0.05) is 5.57 Å². The zero-order valence-corrected chi connectivity index (χ0v) is 6.36. The maximum atomic E-state index is 3.09. The highest BCUT2D eigenvalue weighted by atomic mass is 14.7. The van der Waals surface area contributed by atoms with E-state index in [-0.39, 0.29) is 0 Å². The molecule has 1 N–H and O–H groups in total. The van der Waals surface area contributed by atoms with Crippen LogP contribution in [-0.4, -0.2) is 6.21 Å². The molecule has 1 aliphatic heterocycles. The topological polar surface area (TPSA) is 14.0 Å². The molecule has 0 saturated carbocycles. The van der Waals surface area contributed by atoms with Gasteiger partial charge in [-0.2, -0.15) is 0 Å². The van der Waals surface area contributed by atoms with Crippen LogP contribution in [0.3, 0.4) is 0 Å². The summed E-state index contributed by atoms with van der Waals surface area (Å²) >= 11 is 0. The minimum Gasteiger partial charge on any atom is -0.221 e. The summed E-state index contributed by atoms with van der Waals surface area (Å²) in [4.78, 5) is 3.09. The van der Waals surface area contributed by atoms with Crippen LogP contribution in [0.4, 0.5) is 0 Å². The monoisotopic (exact) mass is 124 g/mol. The van der Waals surface area contributed by atoms with E-state index in [0.29, 0.717) is 5.41 Å². The van der Waals surface area contributed by atoms with Crippen molar-refractivity contribution in [3.05, 3.63) is 11.8 Å². The first-order valence-corrected chi connectivity index (χ1v) is 3.38. The summed E-state index contributed by atoms with van der Waals surface area (Å²) in [6, 6.07) is 0. The molecule has 1 rings (SSSR count). The van der Waals surface area contributed by atoms with Gasteiger partial charge in [0.1, 0.15) is 6.21 Å². The highest BCUT2D eigenvalue weighted by Gasteiger charge is 2.20. The molecule has 0 fully saturated rings. The lowest BCUT2D eigenvalue weighted by molar-refractivity contribution is -0.364. The van der Waals surface area contributed by atoms with Gasteiger partial charge in [0.25, 0.3) is 0 Å². The van der Waals surface area contributed by atoms with Crippen molar-refractivity contribution in [2.45, 2.75) is 27.2 Å². The second kappa shape index (κ2) is 1.98. The Hall–Kier alpha value is -0.590. The smallest absolute Gasteiger partial charge is 0.166 e. The summed E-state index contributed by atoms with van der Waals surface area (Å²) in [7, 11) is 0. The van der Waals surface area contributed by atoms with E-state index in [0.717, 1.165) is 6.42 Å². The van der Waals surface area contributed by atoms with Crippen LogP contribution in [0.15, 0.2) is 11.8 Å². The van der Waals surface area contributed by atoms with Crippen LogP contribution < -0.4 is 4.99 Å². The van der Waals surface area contributed by atoms with Crippen LogP contribution in [0.2, 0.25) is 0 Å². The average molecular weight is 124 g/mol. The molecule has 0 spiro atoms. The highest BCUT2D eigenvalue weighted by Crippen LogP contribution is 2.26. The molecular formula is C8H14N+. The van der Waals surface area contributed by atoms with Crippen LogP contribution in [-0.2, 0) is 0 Å². The Kier molecular flexibility index (Phi) is 1.43. The second-order valence-corrected chi connectivity index (χ2v) is 3.49. The zero-order chi connectivity index (χ0) is 6.91. The summed E-state index contributed by atoms with van der Waals surface area (Å²) in [6.07, 6.45) is 5.28. The van der Waals surface area contributed by atoms with E-state index in [1.54, 1.807) is 0 Å². The number of hydrogen-bond acceptors (Lipinski definition) is 0. The molecule has 0 aliphatic carbocycles. The van der Waals surface area contributed by atoms with Crippen molar-refractivity contribution >= 4 is 6.21 Å². The molecule has 0 unspecified atom stereocenters. The highest BCUT2D eigenvalue weighted by molar-refractivity contribution is 5.57. The van der Waals surface area contributed by atoms with Crippen LogP contribution in [0.25, 0.3) is 0 Å². The van der Waals surface area contributed by atoms with Crippen LogP contribution in [0.5, 0.6) is 0 Å². The standard InChI is InChI=1S/C8H13N/c1-8(2,3)7-4-5-9-6-7/h5-6H,4H2,1-3H3/p+1. The van der Waals surface area contributed by atoms with Gasteiger partial charge in [0.2, 0.25) is 0 Å². The third kappa shape index (κ3) is 1.41. The van der Waals surface area contributed by atoms with Gasteiger partial charge in [-0.25, -0.2) is 4.99 Å².